The summed E-state index contributed by atoms with van der Waals surface area (Å²) in [7, 11) is -2.91. The molecule has 0 spiro atoms. The maximum absolute atomic E-state index is 7.07. The van der Waals surface area contributed by atoms with E-state index in [0.717, 1.165) is 51.0 Å². The van der Waals surface area contributed by atoms with Crippen LogP contribution in [0.25, 0.3) is 0 Å². The molecule has 3 atom stereocenters. The van der Waals surface area contributed by atoms with Gasteiger partial charge in [-0.05, 0) is 143 Å². The van der Waals surface area contributed by atoms with E-state index in [1.807, 2.05) is 0 Å². The van der Waals surface area contributed by atoms with Crippen molar-refractivity contribution >= 4 is 8.80 Å². The van der Waals surface area contributed by atoms with E-state index in [4.69, 9.17) is 13.3 Å². The SMILES string of the molecule is CCCCC/C=C\CCC(C)O[Si](CCCCCCN1CCCC1)(OC(C)CC/C=C\CCCCC)OC(C)CC/C=C\CCCCC. The predicted octanol–water partition coefficient (Wildman–Crippen LogP) is 13.5. The van der Waals surface area contributed by atoms with E-state index in [-0.39, 0.29) is 18.3 Å². The van der Waals surface area contributed by atoms with Crippen molar-refractivity contribution in [3.63, 3.8) is 0 Å². The van der Waals surface area contributed by atoms with Crippen molar-refractivity contribution in [2.45, 2.75) is 220 Å². The van der Waals surface area contributed by atoms with Gasteiger partial charge in [-0.25, -0.2) is 0 Å². The van der Waals surface area contributed by atoms with Gasteiger partial charge in [0.1, 0.15) is 0 Å². The molecule has 48 heavy (non-hydrogen) atoms. The fourth-order valence-corrected chi connectivity index (χ4v) is 10.0. The van der Waals surface area contributed by atoms with Crippen molar-refractivity contribution in [3.8, 4) is 0 Å². The number of hydrogen-bond acceptors (Lipinski definition) is 4. The lowest BCUT2D eigenvalue weighted by molar-refractivity contribution is -0.0134. The first-order valence-corrected chi connectivity index (χ1v) is 23.1. The van der Waals surface area contributed by atoms with Gasteiger partial charge in [0.2, 0.25) is 0 Å². The van der Waals surface area contributed by atoms with Gasteiger partial charge in [0.25, 0.3) is 0 Å². The van der Waals surface area contributed by atoms with Gasteiger partial charge in [-0.15, -0.1) is 0 Å². The molecule has 0 saturated carbocycles. The maximum atomic E-state index is 7.07. The molecule has 282 valence electrons. The molecular formula is C43H83NO3Si. The Labute approximate surface area is 302 Å². The third-order valence-corrected chi connectivity index (χ3v) is 12.9. The van der Waals surface area contributed by atoms with Crippen LogP contribution in [0.2, 0.25) is 6.04 Å². The van der Waals surface area contributed by atoms with Crippen molar-refractivity contribution in [2.24, 2.45) is 0 Å². The van der Waals surface area contributed by atoms with Gasteiger partial charge in [0.15, 0.2) is 0 Å². The maximum Gasteiger partial charge on any atom is 0.501 e. The van der Waals surface area contributed by atoms with Crippen molar-refractivity contribution in [2.75, 3.05) is 19.6 Å². The molecule has 0 radical (unpaired) electrons. The predicted molar refractivity (Wildman–Crippen MR) is 214 cm³/mol. The number of likely N-dealkylation sites (tertiary alicyclic amines) is 1. The molecule has 0 aromatic heterocycles. The smallest absolute Gasteiger partial charge is 0.371 e. The van der Waals surface area contributed by atoms with Crippen molar-refractivity contribution in [1.29, 1.82) is 0 Å². The van der Waals surface area contributed by atoms with Crippen LogP contribution in [0.3, 0.4) is 0 Å². The number of rotatable bonds is 34. The highest BCUT2D eigenvalue weighted by Crippen LogP contribution is 2.28. The molecule has 0 N–H and O–H groups in total. The van der Waals surface area contributed by atoms with Crippen molar-refractivity contribution in [3.05, 3.63) is 36.5 Å². The van der Waals surface area contributed by atoms with Crippen LogP contribution < -0.4 is 0 Å². The summed E-state index contributed by atoms with van der Waals surface area (Å²) in [6.45, 7) is 17.4. The molecule has 1 heterocycles. The van der Waals surface area contributed by atoms with Crippen LogP contribution in [-0.4, -0.2) is 51.7 Å². The highest BCUT2D eigenvalue weighted by atomic mass is 28.4. The lowest BCUT2D eigenvalue weighted by Gasteiger charge is -2.37. The van der Waals surface area contributed by atoms with Gasteiger partial charge >= 0.3 is 8.80 Å². The minimum absolute atomic E-state index is 0.128. The average molecular weight is 690 g/mol. The first kappa shape index (κ1) is 45.3. The molecule has 1 aliphatic heterocycles. The van der Waals surface area contributed by atoms with Crippen LogP contribution in [0.5, 0.6) is 0 Å². The molecule has 4 nitrogen and oxygen atoms in total. The van der Waals surface area contributed by atoms with Crippen LogP contribution >= 0.6 is 0 Å². The molecule has 1 rings (SSSR count). The molecule has 1 aliphatic rings. The van der Waals surface area contributed by atoms with E-state index in [1.54, 1.807) is 0 Å². The summed E-state index contributed by atoms with van der Waals surface area (Å²) in [6.07, 6.45) is 43.9. The Hall–Kier alpha value is -0.723. The topological polar surface area (TPSA) is 30.9 Å². The summed E-state index contributed by atoms with van der Waals surface area (Å²) in [6, 6.07) is 0.933. The Bertz CT molecular complexity index is 699. The molecule has 1 saturated heterocycles. The largest absolute Gasteiger partial charge is 0.501 e. The Morgan fingerprint density at radius 3 is 1.25 bits per heavy atom. The van der Waals surface area contributed by atoms with Gasteiger partial charge in [-0.3, -0.25) is 0 Å². The Balaban J connectivity index is 2.90. The average Bonchev–Trinajstić information content (AvgIpc) is 3.59. The third-order valence-electron chi connectivity index (χ3n) is 9.69. The number of unbranched alkanes of at least 4 members (excludes halogenated alkanes) is 12. The van der Waals surface area contributed by atoms with Crippen LogP contribution in [0.15, 0.2) is 36.5 Å². The van der Waals surface area contributed by atoms with Crippen LogP contribution in [0.4, 0.5) is 0 Å². The molecule has 5 heteroatoms. The van der Waals surface area contributed by atoms with E-state index in [2.05, 4.69) is 82.9 Å². The van der Waals surface area contributed by atoms with Crippen molar-refractivity contribution in [1.82, 2.24) is 4.90 Å². The molecule has 1 fully saturated rings. The van der Waals surface area contributed by atoms with Gasteiger partial charge in [-0.2, -0.15) is 0 Å². The summed E-state index contributed by atoms with van der Waals surface area (Å²) in [5.74, 6) is 0. The molecule has 0 aliphatic carbocycles. The molecule has 0 amide bonds. The van der Waals surface area contributed by atoms with Crippen molar-refractivity contribution < 1.29 is 13.3 Å². The molecule has 0 bridgehead atoms. The summed E-state index contributed by atoms with van der Waals surface area (Å²) >= 11 is 0. The number of nitrogens with zero attached hydrogens (tertiary/aromatic N) is 1. The summed E-state index contributed by atoms with van der Waals surface area (Å²) in [4.78, 5) is 2.65. The molecular weight excluding hydrogens is 607 g/mol. The highest BCUT2D eigenvalue weighted by molar-refractivity contribution is 6.60. The van der Waals surface area contributed by atoms with E-state index >= 15 is 0 Å². The van der Waals surface area contributed by atoms with E-state index in [9.17, 15) is 0 Å². The van der Waals surface area contributed by atoms with Gasteiger partial charge < -0.3 is 18.2 Å². The van der Waals surface area contributed by atoms with E-state index < -0.39 is 8.80 Å². The number of hydrogen-bond donors (Lipinski definition) is 0. The first-order valence-electron chi connectivity index (χ1n) is 21.1. The number of allylic oxidation sites excluding steroid dienone is 6. The lowest BCUT2D eigenvalue weighted by atomic mass is 10.1. The minimum atomic E-state index is -2.91. The molecule has 0 aromatic rings. The van der Waals surface area contributed by atoms with Gasteiger partial charge in [0, 0.05) is 24.4 Å². The third kappa shape index (κ3) is 26.1. The Morgan fingerprint density at radius 2 is 0.854 bits per heavy atom. The zero-order valence-electron chi connectivity index (χ0n) is 33.2. The second-order valence-electron chi connectivity index (χ2n) is 14.8. The van der Waals surface area contributed by atoms with Gasteiger partial charge in [-0.1, -0.05) is 109 Å². The zero-order chi connectivity index (χ0) is 35.0. The highest BCUT2D eigenvalue weighted by Gasteiger charge is 2.45. The van der Waals surface area contributed by atoms with Gasteiger partial charge in [0.05, 0.1) is 0 Å². The minimum Gasteiger partial charge on any atom is -0.371 e. The Kier molecular flexibility index (Phi) is 30.4. The van der Waals surface area contributed by atoms with E-state index in [0.29, 0.717) is 0 Å². The van der Waals surface area contributed by atoms with Crippen LogP contribution in [-0.2, 0) is 13.3 Å². The Morgan fingerprint density at radius 1 is 0.479 bits per heavy atom. The monoisotopic (exact) mass is 690 g/mol. The zero-order valence-corrected chi connectivity index (χ0v) is 34.2. The second kappa shape index (κ2) is 32.2. The lowest BCUT2D eigenvalue weighted by Crippen LogP contribution is -2.51. The molecule has 3 unspecified atom stereocenters. The fraction of sp³-hybridized carbons (Fsp3) is 0.860. The first-order chi connectivity index (χ1) is 23.4. The summed E-state index contributed by atoms with van der Waals surface area (Å²) < 4.78 is 21.2. The van der Waals surface area contributed by atoms with E-state index in [1.165, 1.54) is 129 Å². The van der Waals surface area contributed by atoms with Crippen LogP contribution in [0, 0.1) is 0 Å². The quantitative estimate of drug-likeness (QED) is 0.0382. The standard InChI is InChI=1S/C43H83NO3Si/c1-7-10-13-16-19-22-27-34-41(4)45-48(40-33-26-25-30-37-44-38-31-32-39-44,46-42(5)35-28-23-20-17-14-11-8-2)47-43(6)36-29-24-21-18-15-12-9-3/h19-24,41-43H,7-18,25-40H2,1-6H3/b22-19-,23-20-,24-21-. The summed E-state index contributed by atoms with van der Waals surface area (Å²) in [5.41, 5.74) is 0. The normalized spacial score (nSPS) is 17.6. The summed E-state index contributed by atoms with van der Waals surface area (Å²) in [5, 5.41) is 0. The second-order valence-corrected chi connectivity index (χ2v) is 17.4. The van der Waals surface area contributed by atoms with Crippen LogP contribution in [0.1, 0.15) is 196 Å². The fourth-order valence-electron chi connectivity index (χ4n) is 6.63. The molecule has 0 aromatic carbocycles.